The number of alkyl halides is 1. The molecule has 0 spiro atoms. The molecule has 0 fully saturated rings. The molecule has 3 N–H and O–H groups in total. The number of hydrogen-bond donors (Lipinski definition) is 2. The van der Waals surface area contributed by atoms with Gasteiger partial charge in [0.05, 0.1) is 20.3 Å². The molecule has 0 aromatic heterocycles. The molecular weight excluding hydrogens is 912 g/mol. The summed E-state index contributed by atoms with van der Waals surface area (Å²) in [6.45, 7) is 21.9. The first-order valence-electron chi connectivity index (χ1n) is 20.8. The number of benzene rings is 4. The van der Waals surface area contributed by atoms with Crippen LogP contribution in [0.25, 0.3) is 0 Å². The highest BCUT2D eigenvalue weighted by molar-refractivity contribution is 5.88. The molecule has 0 aliphatic heterocycles. The van der Waals surface area contributed by atoms with Crippen LogP contribution in [0, 0.1) is 36.7 Å². The van der Waals surface area contributed by atoms with Gasteiger partial charge in [0.15, 0.2) is 0 Å². The van der Waals surface area contributed by atoms with Crippen molar-refractivity contribution in [3.8, 4) is 18.1 Å². The zero-order valence-corrected chi connectivity index (χ0v) is 42.1. The van der Waals surface area contributed by atoms with E-state index in [1.54, 1.807) is 71.5 Å². The monoisotopic (exact) mass is 977 g/mol. The number of nitriles is 2. The Bertz CT molecular complexity index is 2260. The molecule has 0 bridgehead atoms. The first-order chi connectivity index (χ1) is 33.0. The van der Waals surface area contributed by atoms with Gasteiger partial charge in [-0.3, -0.25) is 19.5 Å². The van der Waals surface area contributed by atoms with Crippen LogP contribution in [0.3, 0.4) is 0 Å². The quantitative estimate of drug-likeness (QED) is 0.109. The number of carbonyl (C=O) groups is 3. The van der Waals surface area contributed by atoms with E-state index in [4.69, 9.17) is 65.3 Å². The molecule has 0 saturated carbocycles. The van der Waals surface area contributed by atoms with Gasteiger partial charge >= 0.3 is 36.7 Å². The summed E-state index contributed by atoms with van der Waals surface area (Å²) in [6.07, 6.45) is 1.11. The zero-order valence-electron chi connectivity index (χ0n) is 43.1. The molecule has 0 heterocycles. The SMILES string of the molecule is CC#N.CN(C(=O)OC(C)(C)C)c1cccc(OC#N)c1.CN(C(=O)OC(C)(C)C)c1ccccc1.Cc1cccc(N)c1.Cc1cccc(NC(=O)OC(C)(C)C)c1.O=C=O.O=C=O.O=C=O.[2H]CF. The number of rotatable bonds is 4. The fraction of sp³-hybridized carbons (Fsp3) is 0.360. The van der Waals surface area contributed by atoms with E-state index in [0.29, 0.717) is 11.4 Å². The summed E-state index contributed by atoms with van der Waals surface area (Å²) in [7, 11) is 2.29. The van der Waals surface area contributed by atoms with E-state index >= 15 is 0 Å². The van der Waals surface area contributed by atoms with Gasteiger partial charge in [-0.25, -0.2) is 14.4 Å². The van der Waals surface area contributed by atoms with Gasteiger partial charge < -0.3 is 24.7 Å². The van der Waals surface area contributed by atoms with Crippen molar-refractivity contribution in [2.75, 3.05) is 42.1 Å². The molecule has 0 saturated heterocycles. The van der Waals surface area contributed by atoms with Crippen LogP contribution in [-0.4, -0.2) is 74.8 Å². The lowest BCUT2D eigenvalue weighted by molar-refractivity contribution is -0.193. The summed E-state index contributed by atoms with van der Waals surface area (Å²) in [5, 5.41) is 18.4. The minimum Gasteiger partial charge on any atom is -0.444 e. The second-order valence-corrected chi connectivity index (χ2v) is 16.0. The van der Waals surface area contributed by atoms with Crippen LogP contribution < -0.4 is 25.6 Å². The van der Waals surface area contributed by atoms with Gasteiger partial charge in [-0.05, 0) is 136 Å². The van der Waals surface area contributed by atoms with Crippen LogP contribution >= 0.6 is 0 Å². The smallest absolute Gasteiger partial charge is 0.414 e. The molecular formula is C50H65FN6O13. The molecule has 0 atom stereocenters. The summed E-state index contributed by atoms with van der Waals surface area (Å²) in [4.78, 5) is 86.5. The minimum absolute atomic E-state index is 0.250. The fourth-order valence-electron chi connectivity index (χ4n) is 4.15. The normalized spacial score (nSPS) is 9.13. The lowest BCUT2D eigenvalue weighted by Gasteiger charge is -2.24. The van der Waals surface area contributed by atoms with Crippen molar-refractivity contribution < 1.29 is 67.9 Å². The number of aryl methyl sites for hydroxylation is 2. The van der Waals surface area contributed by atoms with Gasteiger partial charge in [0.1, 0.15) is 22.6 Å². The van der Waals surface area contributed by atoms with E-state index in [1.165, 1.54) is 22.3 Å². The van der Waals surface area contributed by atoms with Crippen molar-refractivity contribution >= 4 is 59.5 Å². The first kappa shape index (κ1) is 67.9. The number of ether oxygens (including phenoxy) is 4. The van der Waals surface area contributed by atoms with E-state index in [2.05, 4.69) is 5.32 Å². The van der Waals surface area contributed by atoms with Crippen molar-refractivity contribution in [3.05, 3.63) is 114 Å². The molecule has 4 aromatic rings. The Hall–Kier alpha value is -8.66. The average molecular weight is 978 g/mol. The van der Waals surface area contributed by atoms with Crippen LogP contribution in [0.4, 0.5) is 41.5 Å². The van der Waals surface area contributed by atoms with Gasteiger partial charge in [-0.15, -0.1) is 5.26 Å². The predicted octanol–water partition coefficient (Wildman–Crippen LogP) is 10.3. The van der Waals surface area contributed by atoms with E-state index in [9.17, 15) is 18.8 Å². The summed E-state index contributed by atoms with van der Waals surface area (Å²) in [5.41, 5.74) is 9.31. The third kappa shape index (κ3) is 44.5. The molecule has 20 heteroatoms. The highest BCUT2D eigenvalue weighted by Gasteiger charge is 2.22. The number of anilines is 4. The molecule has 3 amide bonds. The molecule has 19 nitrogen and oxygen atoms in total. The molecule has 4 rings (SSSR count). The van der Waals surface area contributed by atoms with Crippen LogP contribution in [0.5, 0.6) is 5.75 Å². The van der Waals surface area contributed by atoms with E-state index < -0.39 is 36.1 Å². The topological polar surface area (TPSA) is 283 Å². The number of amides is 3. The average Bonchev–Trinajstić information content (AvgIpc) is 3.24. The second-order valence-electron chi connectivity index (χ2n) is 16.0. The number of nitrogens with one attached hydrogen (secondary N) is 1. The van der Waals surface area contributed by atoms with Crippen molar-refractivity contribution in [2.45, 2.75) is 99.9 Å². The van der Waals surface area contributed by atoms with Crippen molar-refractivity contribution in [2.24, 2.45) is 0 Å². The van der Waals surface area contributed by atoms with Crippen molar-refractivity contribution in [1.29, 1.82) is 10.5 Å². The fourth-order valence-corrected chi connectivity index (χ4v) is 4.15. The number of carbonyl (C=O) groups excluding carboxylic acids is 9. The zero-order chi connectivity index (χ0) is 56.2. The summed E-state index contributed by atoms with van der Waals surface area (Å²) >= 11 is 0. The molecule has 380 valence electrons. The van der Waals surface area contributed by atoms with Crippen LogP contribution in [0.2, 0.25) is 0 Å². The molecule has 70 heavy (non-hydrogen) atoms. The van der Waals surface area contributed by atoms with Crippen molar-refractivity contribution in [3.63, 3.8) is 0 Å². The van der Waals surface area contributed by atoms with Gasteiger partial charge in [0.2, 0.25) is 0 Å². The summed E-state index contributed by atoms with van der Waals surface area (Å²) in [5.74, 6) is 0.380. The van der Waals surface area contributed by atoms with E-state index in [1.807, 2.05) is 134 Å². The molecule has 0 unspecified atom stereocenters. The Morgan fingerprint density at radius 3 is 1.34 bits per heavy atom. The number of nitrogens with two attached hydrogens (primary N) is 1. The molecule has 0 aliphatic carbocycles. The Kier molecular flexibility index (Phi) is 39.4. The number of halogens is 1. The Morgan fingerprint density at radius 1 is 0.614 bits per heavy atom. The highest BCUT2D eigenvalue weighted by atomic mass is 19.1. The van der Waals surface area contributed by atoms with Crippen LogP contribution in [-0.2, 0) is 43.0 Å². The Labute approximate surface area is 411 Å². The third-order valence-corrected chi connectivity index (χ3v) is 6.55. The number of hydrogen-bond acceptors (Lipinski definition) is 16. The summed E-state index contributed by atoms with van der Waals surface area (Å²) < 4.78 is 35.8. The third-order valence-electron chi connectivity index (χ3n) is 6.55. The molecule has 0 aliphatic rings. The van der Waals surface area contributed by atoms with Crippen LogP contribution in [0.1, 0.15) is 81.7 Å². The van der Waals surface area contributed by atoms with Crippen molar-refractivity contribution in [1.82, 2.24) is 0 Å². The Morgan fingerprint density at radius 2 is 0.986 bits per heavy atom. The standard InChI is InChI=1S/C13H16N2O3.2C12H17NO2.C7H9N.C2H3N.CH3F.3CO2/c1-13(2,3)18-12(16)15(4)10-6-5-7-11(8-10)17-9-14;1-9-6-5-7-10(8-9)13-11(14)15-12(2,3)4;1-12(2,3)15-11(14)13(4)10-8-6-5-7-9-10;1-6-3-2-4-7(8)5-6;1-2-3;1-2;3*2-1-3/h5-8H,1-4H3;5-8H,1-4H3,(H,13,14);5-9H,1-4H3;2-5H,8H2,1H3;1H3;1H3;;;/i;;;;;1D;;;. The minimum atomic E-state index is -1.00. The van der Waals surface area contributed by atoms with Gasteiger partial charge in [0, 0.05) is 44.1 Å². The maximum atomic E-state index is 11.8. The van der Waals surface area contributed by atoms with E-state index in [-0.39, 0.29) is 24.5 Å². The van der Waals surface area contributed by atoms with Crippen LogP contribution in [0.15, 0.2) is 103 Å². The molecule has 4 aromatic carbocycles. The maximum Gasteiger partial charge on any atom is 0.414 e. The maximum absolute atomic E-state index is 11.8. The lowest BCUT2D eigenvalue weighted by atomic mass is 10.2. The highest BCUT2D eigenvalue weighted by Crippen LogP contribution is 2.22. The van der Waals surface area contributed by atoms with Gasteiger partial charge in [-0.2, -0.15) is 34.0 Å². The number of para-hydroxylation sites is 1. The molecule has 0 radical (unpaired) electrons. The predicted molar refractivity (Wildman–Crippen MR) is 258 cm³/mol. The summed E-state index contributed by atoms with van der Waals surface area (Å²) in [6, 6.07) is 33.2. The lowest BCUT2D eigenvalue weighted by Crippen LogP contribution is -2.34. The Balaban J connectivity index is -0.000000253. The largest absolute Gasteiger partial charge is 0.444 e. The van der Waals surface area contributed by atoms with Gasteiger partial charge in [-0.1, -0.05) is 48.5 Å². The number of nitrogens with zero attached hydrogens (tertiary/aromatic N) is 4. The first-order valence-corrected chi connectivity index (χ1v) is 20.1. The van der Waals surface area contributed by atoms with E-state index in [0.717, 1.165) is 22.6 Å². The number of nitrogen functional groups attached to an aromatic ring is 1. The van der Waals surface area contributed by atoms with Gasteiger partial charge in [0.25, 0.3) is 6.26 Å². The second kappa shape index (κ2) is 40.6.